The second-order valence-corrected chi connectivity index (χ2v) is 4.96. The summed E-state index contributed by atoms with van der Waals surface area (Å²) in [4.78, 5) is 33.4. The van der Waals surface area contributed by atoms with Gasteiger partial charge in [0, 0.05) is 12.0 Å². The highest BCUT2D eigenvalue weighted by molar-refractivity contribution is 6.39. The van der Waals surface area contributed by atoms with Crippen molar-refractivity contribution in [2.24, 2.45) is 0 Å². The van der Waals surface area contributed by atoms with Crippen LogP contribution >= 0.6 is 23.2 Å². The van der Waals surface area contributed by atoms with E-state index in [4.69, 9.17) is 39.1 Å². The Morgan fingerprint density at radius 2 is 1.71 bits per heavy atom. The average molecular weight is 335 g/mol. The van der Waals surface area contributed by atoms with Crippen LogP contribution in [0.25, 0.3) is 0 Å². The van der Waals surface area contributed by atoms with Crippen LogP contribution in [0.15, 0.2) is 12.1 Å². The van der Waals surface area contributed by atoms with Gasteiger partial charge in [-0.1, -0.05) is 23.2 Å². The lowest BCUT2D eigenvalue weighted by atomic mass is 10.1. The van der Waals surface area contributed by atoms with Crippen LogP contribution in [0.1, 0.15) is 23.2 Å². The number of nitrogens with two attached hydrogens (primary N) is 1. The highest BCUT2D eigenvalue weighted by Crippen LogP contribution is 2.28. The van der Waals surface area contributed by atoms with Crippen molar-refractivity contribution < 1.29 is 24.6 Å². The van der Waals surface area contributed by atoms with Crippen molar-refractivity contribution in [3.8, 4) is 0 Å². The normalized spacial score (nSPS) is 11.7. The molecule has 1 rings (SSSR count). The predicted octanol–water partition coefficient (Wildman–Crippen LogP) is 1.62. The van der Waals surface area contributed by atoms with Crippen molar-refractivity contribution in [1.82, 2.24) is 5.32 Å². The summed E-state index contributed by atoms with van der Waals surface area (Å²) >= 11 is 11.6. The fourth-order valence-corrected chi connectivity index (χ4v) is 1.97. The second kappa shape index (κ2) is 7.14. The number of anilines is 1. The van der Waals surface area contributed by atoms with Crippen molar-refractivity contribution in [3.63, 3.8) is 0 Å². The monoisotopic (exact) mass is 334 g/mol. The summed E-state index contributed by atoms with van der Waals surface area (Å²) in [5.41, 5.74) is 5.66. The lowest BCUT2D eigenvalue weighted by molar-refractivity contribution is -0.140. The van der Waals surface area contributed by atoms with Gasteiger partial charge in [0.25, 0.3) is 5.91 Å². The maximum absolute atomic E-state index is 11.9. The topological polar surface area (TPSA) is 130 Å². The van der Waals surface area contributed by atoms with Crippen LogP contribution in [0.4, 0.5) is 5.69 Å². The van der Waals surface area contributed by atoms with Gasteiger partial charge in [-0.15, -0.1) is 0 Å². The quantitative estimate of drug-likeness (QED) is 0.585. The van der Waals surface area contributed by atoms with Crippen LogP contribution in [-0.4, -0.2) is 34.1 Å². The number of carboxylic acid groups (broad SMARTS) is 2. The van der Waals surface area contributed by atoms with Crippen LogP contribution in [0.3, 0.4) is 0 Å². The van der Waals surface area contributed by atoms with Gasteiger partial charge in [0.1, 0.15) is 6.04 Å². The molecule has 0 radical (unpaired) electrons. The molecule has 0 fully saturated rings. The lowest BCUT2D eigenvalue weighted by Gasteiger charge is -2.14. The fraction of sp³-hybridized carbons (Fsp3) is 0.250. The van der Waals surface area contributed by atoms with E-state index in [1.54, 1.807) is 0 Å². The minimum absolute atomic E-state index is 0.0285. The number of nitrogen functional groups attached to an aromatic ring is 1. The number of rotatable bonds is 6. The number of hydrogen-bond acceptors (Lipinski definition) is 4. The number of carbonyl (C=O) groups is 3. The summed E-state index contributed by atoms with van der Waals surface area (Å²) in [5.74, 6) is -3.23. The largest absolute Gasteiger partial charge is 0.481 e. The molecule has 9 heteroatoms. The van der Waals surface area contributed by atoms with Gasteiger partial charge < -0.3 is 21.3 Å². The van der Waals surface area contributed by atoms with Gasteiger partial charge in [-0.25, -0.2) is 4.79 Å². The zero-order chi connectivity index (χ0) is 16.2. The number of nitrogens with one attached hydrogen (secondary N) is 1. The Labute approximate surface area is 129 Å². The molecule has 1 amide bonds. The van der Waals surface area contributed by atoms with E-state index in [0.717, 1.165) is 0 Å². The summed E-state index contributed by atoms with van der Waals surface area (Å²) in [5, 5.41) is 19.8. The molecular weight excluding hydrogens is 323 g/mol. The standard InChI is InChI=1S/C12H12Cl2N2O5/c13-6-3-5(4-7(14)10(6)15)11(19)16-8(12(20)21)1-2-9(17)18/h3-4,8H,1-2,15H2,(H,16,19)(H,17,18)(H,20,21)/t8-/m0/s1. The van der Waals surface area contributed by atoms with Crippen molar-refractivity contribution >= 4 is 46.7 Å². The Morgan fingerprint density at radius 3 is 2.14 bits per heavy atom. The smallest absolute Gasteiger partial charge is 0.326 e. The number of halogens is 2. The Kier molecular flexibility index (Phi) is 5.80. The molecule has 0 saturated heterocycles. The number of hydrogen-bond donors (Lipinski definition) is 4. The molecule has 0 saturated carbocycles. The van der Waals surface area contributed by atoms with Crippen LogP contribution in [0, 0.1) is 0 Å². The first-order chi connectivity index (χ1) is 9.72. The number of carbonyl (C=O) groups excluding carboxylic acids is 1. The summed E-state index contributed by atoms with van der Waals surface area (Å²) in [6.45, 7) is 0. The summed E-state index contributed by atoms with van der Waals surface area (Å²) < 4.78 is 0. The minimum Gasteiger partial charge on any atom is -0.481 e. The van der Waals surface area contributed by atoms with E-state index >= 15 is 0 Å². The highest BCUT2D eigenvalue weighted by atomic mass is 35.5. The number of amides is 1. The first kappa shape index (κ1) is 17.1. The van der Waals surface area contributed by atoms with E-state index in [1.165, 1.54) is 12.1 Å². The fourth-order valence-electron chi connectivity index (χ4n) is 1.48. The summed E-state index contributed by atoms with van der Waals surface area (Å²) in [6.07, 6.45) is -0.632. The van der Waals surface area contributed by atoms with Crippen LogP contribution in [0.2, 0.25) is 10.0 Å². The second-order valence-electron chi connectivity index (χ2n) is 4.15. The van der Waals surface area contributed by atoms with Gasteiger partial charge in [0.15, 0.2) is 0 Å². The molecule has 114 valence electrons. The molecular formula is C12H12Cl2N2O5. The van der Waals surface area contributed by atoms with Crippen molar-refractivity contribution in [1.29, 1.82) is 0 Å². The molecule has 0 aliphatic carbocycles. The van der Waals surface area contributed by atoms with Gasteiger partial charge in [0.2, 0.25) is 0 Å². The van der Waals surface area contributed by atoms with Crippen LogP contribution < -0.4 is 11.1 Å². The SMILES string of the molecule is Nc1c(Cl)cc(C(=O)N[C@@H](CCC(=O)O)C(=O)O)cc1Cl. The average Bonchev–Trinajstić information content (AvgIpc) is 2.39. The van der Waals surface area contributed by atoms with Gasteiger partial charge in [-0.05, 0) is 18.6 Å². The summed E-state index contributed by atoms with van der Waals surface area (Å²) in [6, 6.07) is 1.16. The zero-order valence-electron chi connectivity index (χ0n) is 10.6. The Balaban J connectivity index is 2.87. The lowest BCUT2D eigenvalue weighted by Crippen LogP contribution is -2.41. The number of aliphatic carboxylic acids is 2. The molecule has 1 aromatic rings. The van der Waals surface area contributed by atoms with Gasteiger partial charge in [-0.3, -0.25) is 9.59 Å². The number of carboxylic acids is 2. The van der Waals surface area contributed by atoms with Crippen molar-refractivity contribution in [2.45, 2.75) is 18.9 Å². The minimum atomic E-state index is -1.34. The Bertz CT molecular complexity index is 568. The molecule has 0 aliphatic heterocycles. The number of benzene rings is 1. The van der Waals surface area contributed by atoms with E-state index < -0.39 is 23.9 Å². The molecule has 1 atom stereocenters. The third kappa shape index (κ3) is 4.80. The molecule has 0 aromatic heterocycles. The van der Waals surface area contributed by atoms with Crippen molar-refractivity contribution in [3.05, 3.63) is 27.7 Å². The highest BCUT2D eigenvalue weighted by Gasteiger charge is 2.22. The maximum Gasteiger partial charge on any atom is 0.326 e. The zero-order valence-corrected chi connectivity index (χ0v) is 12.1. The molecule has 0 heterocycles. The molecule has 5 N–H and O–H groups in total. The van der Waals surface area contributed by atoms with E-state index in [9.17, 15) is 14.4 Å². The van der Waals surface area contributed by atoms with E-state index in [2.05, 4.69) is 5.32 Å². The first-order valence-electron chi connectivity index (χ1n) is 5.72. The molecule has 7 nitrogen and oxygen atoms in total. The molecule has 0 spiro atoms. The van der Waals surface area contributed by atoms with Gasteiger partial charge in [-0.2, -0.15) is 0 Å². The molecule has 1 aromatic carbocycles. The maximum atomic E-state index is 11.9. The third-order valence-corrected chi connectivity index (χ3v) is 3.22. The molecule has 0 unspecified atom stereocenters. The first-order valence-corrected chi connectivity index (χ1v) is 6.48. The van der Waals surface area contributed by atoms with Gasteiger partial charge in [0.05, 0.1) is 15.7 Å². The molecule has 0 bridgehead atoms. The van der Waals surface area contributed by atoms with E-state index in [0.29, 0.717) is 0 Å². The summed E-state index contributed by atoms with van der Waals surface area (Å²) in [7, 11) is 0. The molecule has 21 heavy (non-hydrogen) atoms. The Morgan fingerprint density at radius 1 is 1.19 bits per heavy atom. The van der Waals surface area contributed by atoms with Crippen molar-refractivity contribution in [2.75, 3.05) is 5.73 Å². The molecule has 0 aliphatic rings. The Hall–Kier alpha value is -1.99. The predicted molar refractivity (Wildman–Crippen MR) is 76.6 cm³/mol. The van der Waals surface area contributed by atoms with Crippen LogP contribution in [0.5, 0.6) is 0 Å². The van der Waals surface area contributed by atoms with Gasteiger partial charge >= 0.3 is 11.9 Å². The third-order valence-electron chi connectivity index (χ3n) is 2.59. The van der Waals surface area contributed by atoms with Crippen LogP contribution in [-0.2, 0) is 9.59 Å². The van der Waals surface area contributed by atoms with E-state index in [-0.39, 0.29) is 34.1 Å². The van der Waals surface area contributed by atoms with E-state index in [1.807, 2.05) is 0 Å².